The maximum absolute atomic E-state index is 13.8. The van der Waals surface area contributed by atoms with Crippen molar-refractivity contribution in [1.29, 1.82) is 0 Å². The van der Waals surface area contributed by atoms with Crippen LogP contribution in [0.5, 0.6) is 0 Å². The molecule has 0 saturated heterocycles. The van der Waals surface area contributed by atoms with Gasteiger partial charge in [-0.1, -0.05) is 6.92 Å². The predicted octanol–water partition coefficient (Wildman–Crippen LogP) is 1.95. The van der Waals surface area contributed by atoms with Crippen LogP contribution in [0.2, 0.25) is 0 Å². The zero-order chi connectivity index (χ0) is 18.1. The fourth-order valence-electron chi connectivity index (χ4n) is 3.15. The summed E-state index contributed by atoms with van der Waals surface area (Å²) in [7, 11) is 4.89. The molecule has 130 valence electrons. The molecule has 0 spiro atoms. The van der Waals surface area contributed by atoms with E-state index in [1.54, 1.807) is 35.2 Å². The number of anilines is 1. The molecular weight excluding hydrogens is 315 g/mol. The van der Waals surface area contributed by atoms with Crippen LogP contribution in [0.3, 0.4) is 0 Å². The number of carbonyl (C=O) groups excluding carboxylic acids is 1. The molecule has 0 aliphatic carbocycles. The van der Waals surface area contributed by atoms with Crippen molar-refractivity contribution in [2.24, 2.45) is 0 Å². The fourth-order valence-corrected chi connectivity index (χ4v) is 3.15. The lowest BCUT2D eigenvalue weighted by molar-refractivity contribution is -0.145. The Morgan fingerprint density at radius 2 is 2.12 bits per heavy atom. The summed E-state index contributed by atoms with van der Waals surface area (Å²) in [4.78, 5) is 27.2. The first-order valence-electron chi connectivity index (χ1n) is 7.43. The van der Waals surface area contributed by atoms with Gasteiger partial charge >= 0.3 is 11.9 Å². The summed E-state index contributed by atoms with van der Waals surface area (Å²) in [5.74, 6) is -2.12. The minimum atomic E-state index is -1.12. The second-order valence-electron chi connectivity index (χ2n) is 6.24. The second kappa shape index (κ2) is 6.51. The number of carboxylic acid groups (broad SMARTS) is 1. The average Bonchev–Trinajstić information content (AvgIpc) is 2.72. The number of ether oxygens (including phenoxy) is 1. The summed E-state index contributed by atoms with van der Waals surface area (Å²) in [5.41, 5.74) is -0.0510. The number of hydrogen-bond acceptors (Lipinski definition) is 5. The van der Waals surface area contributed by atoms with E-state index >= 15 is 0 Å². The summed E-state index contributed by atoms with van der Waals surface area (Å²) in [6.07, 6.45) is 3.08. The summed E-state index contributed by atoms with van der Waals surface area (Å²) >= 11 is 0. The molecule has 1 aromatic carbocycles. The largest absolute Gasteiger partial charge is 0.481 e. The number of carboxylic acids is 1. The lowest BCUT2D eigenvalue weighted by Gasteiger charge is -2.32. The molecule has 7 heteroatoms. The van der Waals surface area contributed by atoms with Crippen molar-refractivity contribution < 1.29 is 23.8 Å². The van der Waals surface area contributed by atoms with Crippen molar-refractivity contribution in [1.82, 2.24) is 4.90 Å². The van der Waals surface area contributed by atoms with Gasteiger partial charge < -0.3 is 19.6 Å². The number of halogens is 1. The van der Waals surface area contributed by atoms with Crippen LogP contribution in [0.15, 0.2) is 30.6 Å². The van der Waals surface area contributed by atoms with Gasteiger partial charge in [0, 0.05) is 37.6 Å². The van der Waals surface area contributed by atoms with Gasteiger partial charge in [0.1, 0.15) is 11.9 Å². The van der Waals surface area contributed by atoms with Crippen LogP contribution in [-0.2, 0) is 19.7 Å². The number of hydrogen-bond donors (Lipinski definition) is 1. The molecule has 24 heavy (non-hydrogen) atoms. The highest BCUT2D eigenvalue weighted by Gasteiger charge is 2.53. The van der Waals surface area contributed by atoms with Gasteiger partial charge in [0.2, 0.25) is 0 Å². The molecule has 1 aliphatic heterocycles. The molecule has 1 aromatic rings. The van der Waals surface area contributed by atoms with Crippen LogP contribution in [0.25, 0.3) is 0 Å². The molecule has 1 aliphatic rings. The first-order chi connectivity index (χ1) is 11.2. The molecule has 0 radical (unpaired) electrons. The van der Waals surface area contributed by atoms with E-state index in [9.17, 15) is 19.1 Å². The van der Waals surface area contributed by atoms with Crippen LogP contribution in [0.1, 0.15) is 18.9 Å². The molecule has 0 aromatic heterocycles. The van der Waals surface area contributed by atoms with Crippen molar-refractivity contribution in [3.05, 3.63) is 42.0 Å². The smallest absolute Gasteiger partial charge is 0.329 e. The van der Waals surface area contributed by atoms with Crippen molar-refractivity contribution in [2.45, 2.75) is 24.8 Å². The average molecular weight is 336 g/mol. The molecule has 0 fully saturated rings. The highest BCUT2D eigenvalue weighted by Crippen LogP contribution is 2.48. The van der Waals surface area contributed by atoms with Crippen LogP contribution < -0.4 is 4.90 Å². The molecule has 0 bridgehead atoms. The van der Waals surface area contributed by atoms with E-state index in [0.29, 0.717) is 11.3 Å². The molecule has 0 amide bonds. The Kier molecular flexibility index (Phi) is 4.82. The van der Waals surface area contributed by atoms with Crippen LogP contribution >= 0.6 is 0 Å². The van der Waals surface area contributed by atoms with Crippen LogP contribution in [-0.4, -0.2) is 49.2 Å². The van der Waals surface area contributed by atoms with Crippen molar-refractivity contribution in [2.75, 3.05) is 26.1 Å². The highest BCUT2D eigenvalue weighted by molar-refractivity contribution is 5.89. The maximum atomic E-state index is 13.8. The van der Waals surface area contributed by atoms with Crippen molar-refractivity contribution >= 4 is 17.6 Å². The standard InChI is InChI=1S/C17H21FN2O4/c1-17(10-14(21)22)12-9-11(18)5-6-13(12)20(8-7-19(2)3)15(17)16(23)24-4/h5-9,15H,10H2,1-4H3,(H,21,22). The molecule has 2 unspecified atom stereocenters. The number of esters is 1. The summed E-state index contributed by atoms with van der Waals surface area (Å²) in [6.45, 7) is 1.64. The zero-order valence-corrected chi connectivity index (χ0v) is 14.1. The fraction of sp³-hybridized carbons (Fsp3) is 0.412. The van der Waals surface area contributed by atoms with Gasteiger partial charge in [0.15, 0.2) is 0 Å². The molecule has 0 saturated carbocycles. The maximum Gasteiger partial charge on any atom is 0.329 e. The third-order valence-corrected chi connectivity index (χ3v) is 4.20. The van der Waals surface area contributed by atoms with E-state index in [0.717, 1.165) is 0 Å². The van der Waals surface area contributed by atoms with Gasteiger partial charge in [-0.3, -0.25) is 4.79 Å². The Morgan fingerprint density at radius 1 is 1.46 bits per heavy atom. The number of fused-ring (bicyclic) bond motifs is 1. The molecular formula is C17H21FN2O4. The number of aliphatic carboxylic acids is 1. The second-order valence-corrected chi connectivity index (χ2v) is 6.24. The summed E-state index contributed by atoms with van der Waals surface area (Å²) in [5, 5.41) is 9.32. The first kappa shape index (κ1) is 17.8. The van der Waals surface area contributed by atoms with Gasteiger partial charge in [0.25, 0.3) is 0 Å². The van der Waals surface area contributed by atoms with Crippen molar-refractivity contribution in [3.63, 3.8) is 0 Å². The van der Waals surface area contributed by atoms with Gasteiger partial charge in [-0.15, -0.1) is 0 Å². The Morgan fingerprint density at radius 3 is 2.67 bits per heavy atom. The monoisotopic (exact) mass is 336 g/mol. The van der Waals surface area contributed by atoms with E-state index in [2.05, 4.69) is 0 Å². The van der Waals surface area contributed by atoms with E-state index in [4.69, 9.17) is 4.74 Å². The summed E-state index contributed by atoms with van der Waals surface area (Å²) < 4.78 is 18.7. The minimum absolute atomic E-state index is 0.324. The number of methoxy groups -OCH3 is 1. The third-order valence-electron chi connectivity index (χ3n) is 4.20. The van der Waals surface area contributed by atoms with E-state index in [1.807, 2.05) is 14.1 Å². The number of benzene rings is 1. The molecule has 1 heterocycles. The number of nitrogens with zero attached hydrogens (tertiary/aromatic N) is 2. The van der Waals surface area contributed by atoms with Crippen LogP contribution in [0, 0.1) is 5.82 Å². The van der Waals surface area contributed by atoms with Crippen molar-refractivity contribution in [3.8, 4) is 0 Å². The normalized spacial score (nSPS) is 22.5. The minimum Gasteiger partial charge on any atom is -0.481 e. The van der Waals surface area contributed by atoms with E-state index < -0.39 is 29.2 Å². The summed E-state index contributed by atoms with van der Waals surface area (Å²) in [6, 6.07) is 3.23. The Balaban J connectivity index is 2.66. The zero-order valence-electron chi connectivity index (χ0n) is 14.1. The number of rotatable bonds is 5. The quantitative estimate of drug-likeness (QED) is 0.829. The Bertz CT molecular complexity index is 689. The van der Waals surface area contributed by atoms with Gasteiger partial charge in [-0.2, -0.15) is 0 Å². The number of carbonyl (C=O) groups is 2. The Labute approximate surface area is 140 Å². The van der Waals surface area contributed by atoms with E-state index in [-0.39, 0.29) is 6.42 Å². The SMILES string of the molecule is COC(=O)C1N(C=CN(C)C)c2ccc(F)cc2C1(C)CC(=O)O. The van der Waals surface area contributed by atoms with E-state index in [1.165, 1.54) is 19.2 Å². The molecule has 1 N–H and O–H groups in total. The van der Waals surface area contributed by atoms with Gasteiger partial charge in [0.05, 0.1) is 13.5 Å². The molecule has 2 atom stereocenters. The first-order valence-corrected chi connectivity index (χ1v) is 7.43. The predicted molar refractivity (Wildman–Crippen MR) is 87.1 cm³/mol. The highest BCUT2D eigenvalue weighted by atomic mass is 19.1. The molecule has 2 rings (SSSR count). The third kappa shape index (κ3) is 3.06. The van der Waals surface area contributed by atoms with Gasteiger partial charge in [-0.05, 0) is 23.8 Å². The topological polar surface area (TPSA) is 70.1 Å². The van der Waals surface area contributed by atoms with Crippen LogP contribution in [0.4, 0.5) is 10.1 Å². The lowest BCUT2D eigenvalue weighted by atomic mass is 9.75. The Hall–Kier alpha value is -2.57. The lowest BCUT2D eigenvalue weighted by Crippen LogP contribution is -2.48. The van der Waals surface area contributed by atoms with Gasteiger partial charge in [-0.25, -0.2) is 9.18 Å². The molecule has 6 nitrogen and oxygen atoms in total.